The van der Waals surface area contributed by atoms with Crippen LogP contribution in [0.5, 0.6) is 0 Å². The van der Waals surface area contributed by atoms with Crippen molar-refractivity contribution in [2.45, 2.75) is 19.8 Å². The highest BCUT2D eigenvalue weighted by Gasteiger charge is 2.29. The first-order chi connectivity index (χ1) is 11.9. The van der Waals surface area contributed by atoms with Crippen molar-refractivity contribution in [3.8, 4) is 0 Å². The van der Waals surface area contributed by atoms with Gasteiger partial charge in [-0.1, -0.05) is 37.7 Å². The summed E-state index contributed by atoms with van der Waals surface area (Å²) in [6.07, 6.45) is 0. The number of carbonyl (C=O) groups excluding carboxylic acids is 4. The van der Waals surface area contributed by atoms with Gasteiger partial charge in [0.25, 0.3) is 11.1 Å². The molecule has 1 aliphatic rings. The highest BCUT2D eigenvalue weighted by atomic mass is 32.2. The summed E-state index contributed by atoms with van der Waals surface area (Å²) in [7, 11) is 0. The standard InChI is InChI=1S/C17H20N2O5S/c1-11(2)12-3-5-13(6-4-12)16(22)24-9-14(20)18-7-8-19-15(21)10-25-17(19)23/h3-6,11H,7-10H2,1-2H3,(H,18,20). The molecule has 0 unspecified atom stereocenters. The van der Waals surface area contributed by atoms with Crippen LogP contribution in [0.2, 0.25) is 0 Å². The van der Waals surface area contributed by atoms with Crippen molar-refractivity contribution in [2.24, 2.45) is 0 Å². The van der Waals surface area contributed by atoms with Gasteiger partial charge in [-0.3, -0.25) is 19.3 Å². The molecule has 0 spiro atoms. The quantitative estimate of drug-likeness (QED) is 0.742. The second-order valence-electron chi connectivity index (χ2n) is 5.80. The maximum Gasteiger partial charge on any atom is 0.338 e. The Morgan fingerprint density at radius 3 is 2.48 bits per heavy atom. The van der Waals surface area contributed by atoms with Gasteiger partial charge >= 0.3 is 5.97 Å². The maximum atomic E-state index is 11.9. The summed E-state index contributed by atoms with van der Waals surface area (Å²) in [5, 5.41) is 2.20. The molecule has 2 rings (SSSR count). The van der Waals surface area contributed by atoms with Crippen LogP contribution in [-0.2, 0) is 14.3 Å². The molecule has 0 saturated carbocycles. The summed E-state index contributed by atoms with van der Waals surface area (Å²) in [6, 6.07) is 7.03. The second kappa shape index (κ2) is 8.66. The van der Waals surface area contributed by atoms with Gasteiger partial charge in [-0.25, -0.2) is 4.79 Å². The third-order valence-electron chi connectivity index (χ3n) is 3.65. The van der Waals surface area contributed by atoms with E-state index in [1.54, 1.807) is 12.1 Å². The van der Waals surface area contributed by atoms with Gasteiger partial charge in [0.05, 0.1) is 11.3 Å². The van der Waals surface area contributed by atoms with Crippen molar-refractivity contribution in [1.82, 2.24) is 10.2 Å². The molecular weight excluding hydrogens is 344 g/mol. The third-order valence-corrected chi connectivity index (χ3v) is 4.50. The van der Waals surface area contributed by atoms with Crippen LogP contribution in [0.3, 0.4) is 0 Å². The van der Waals surface area contributed by atoms with Gasteiger partial charge in [0.1, 0.15) is 0 Å². The van der Waals surface area contributed by atoms with Gasteiger partial charge in [0.15, 0.2) is 6.61 Å². The van der Waals surface area contributed by atoms with Crippen LogP contribution in [0.15, 0.2) is 24.3 Å². The molecule has 0 aromatic heterocycles. The Balaban J connectivity index is 1.71. The molecule has 134 valence electrons. The topological polar surface area (TPSA) is 92.8 Å². The van der Waals surface area contributed by atoms with Crippen LogP contribution < -0.4 is 5.32 Å². The molecule has 0 aliphatic carbocycles. The minimum absolute atomic E-state index is 0.112. The van der Waals surface area contributed by atoms with Crippen molar-refractivity contribution in [3.05, 3.63) is 35.4 Å². The predicted molar refractivity (Wildman–Crippen MR) is 93.4 cm³/mol. The average molecular weight is 364 g/mol. The average Bonchev–Trinajstić information content (AvgIpc) is 2.91. The fourth-order valence-electron chi connectivity index (χ4n) is 2.17. The Kier molecular flexibility index (Phi) is 6.58. The van der Waals surface area contributed by atoms with Crippen molar-refractivity contribution in [3.63, 3.8) is 0 Å². The molecule has 1 N–H and O–H groups in total. The van der Waals surface area contributed by atoms with E-state index in [1.807, 2.05) is 12.1 Å². The molecule has 0 radical (unpaired) electrons. The smallest absolute Gasteiger partial charge is 0.338 e. The number of thioether (sulfide) groups is 1. The summed E-state index contributed by atoms with van der Waals surface area (Å²) in [5.74, 6) is -0.824. The molecule has 0 bridgehead atoms. The van der Waals surface area contributed by atoms with Crippen LogP contribution in [0.25, 0.3) is 0 Å². The lowest BCUT2D eigenvalue weighted by Crippen LogP contribution is -2.38. The van der Waals surface area contributed by atoms with Gasteiger partial charge in [0, 0.05) is 13.1 Å². The summed E-state index contributed by atoms with van der Waals surface area (Å²) in [6.45, 7) is 3.93. The lowest BCUT2D eigenvalue weighted by Gasteiger charge is -2.13. The van der Waals surface area contributed by atoms with E-state index in [-0.39, 0.29) is 30.0 Å². The number of hydrogen-bond acceptors (Lipinski definition) is 6. The number of benzene rings is 1. The number of ether oxygens (including phenoxy) is 1. The first-order valence-corrected chi connectivity index (χ1v) is 8.88. The van der Waals surface area contributed by atoms with Gasteiger partial charge < -0.3 is 10.1 Å². The number of hydrogen-bond donors (Lipinski definition) is 1. The Hall–Kier alpha value is -2.35. The highest BCUT2D eigenvalue weighted by Crippen LogP contribution is 2.17. The number of carbonyl (C=O) groups is 4. The van der Waals surface area contributed by atoms with Crippen LogP contribution >= 0.6 is 11.8 Å². The Labute approximate surface area is 150 Å². The SMILES string of the molecule is CC(C)c1ccc(C(=O)OCC(=O)NCCN2C(=O)CSC2=O)cc1. The Morgan fingerprint density at radius 1 is 1.24 bits per heavy atom. The molecule has 25 heavy (non-hydrogen) atoms. The minimum atomic E-state index is -0.577. The zero-order valence-corrected chi connectivity index (χ0v) is 14.9. The van der Waals surface area contributed by atoms with Gasteiger partial charge in [0.2, 0.25) is 5.91 Å². The normalized spacial score (nSPS) is 14.1. The molecule has 8 heteroatoms. The molecule has 1 aromatic rings. The van der Waals surface area contributed by atoms with Crippen molar-refractivity contribution in [1.29, 1.82) is 0 Å². The number of esters is 1. The van der Waals surface area contributed by atoms with E-state index in [1.165, 1.54) is 0 Å². The molecule has 1 aliphatic heterocycles. The minimum Gasteiger partial charge on any atom is -0.452 e. The Bertz CT molecular complexity index is 656. The van der Waals surface area contributed by atoms with E-state index in [4.69, 9.17) is 4.74 Å². The largest absolute Gasteiger partial charge is 0.452 e. The first kappa shape index (κ1) is 19.0. The highest BCUT2D eigenvalue weighted by molar-refractivity contribution is 8.14. The second-order valence-corrected chi connectivity index (χ2v) is 6.73. The zero-order chi connectivity index (χ0) is 18.4. The number of imide groups is 1. The van der Waals surface area contributed by atoms with Gasteiger partial charge in [-0.2, -0.15) is 0 Å². The molecule has 1 aromatic carbocycles. The van der Waals surface area contributed by atoms with Crippen molar-refractivity contribution < 1.29 is 23.9 Å². The lowest BCUT2D eigenvalue weighted by molar-refractivity contribution is -0.126. The molecule has 0 atom stereocenters. The summed E-state index contributed by atoms with van der Waals surface area (Å²) < 4.78 is 4.95. The lowest BCUT2D eigenvalue weighted by atomic mass is 10.0. The van der Waals surface area contributed by atoms with Crippen LogP contribution in [0.4, 0.5) is 4.79 Å². The van der Waals surface area contributed by atoms with Gasteiger partial charge in [-0.15, -0.1) is 0 Å². The zero-order valence-electron chi connectivity index (χ0n) is 14.1. The van der Waals surface area contributed by atoms with E-state index in [2.05, 4.69) is 19.2 Å². The van der Waals surface area contributed by atoms with Crippen LogP contribution in [0.1, 0.15) is 35.7 Å². The molecule has 1 saturated heterocycles. The van der Waals surface area contributed by atoms with E-state index in [0.717, 1.165) is 22.2 Å². The fraction of sp³-hybridized carbons (Fsp3) is 0.412. The maximum absolute atomic E-state index is 11.9. The third kappa shape index (κ3) is 5.32. The summed E-state index contributed by atoms with van der Waals surface area (Å²) in [4.78, 5) is 47.4. The Morgan fingerprint density at radius 2 is 1.92 bits per heavy atom. The van der Waals surface area contributed by atoms with E-state index in [0.29, 0.717) is 11.5 Å². The molecule has 7 nitrogen and oxygen atoms in total. The molecular formula is C17H20N2O5S. The molecule has 1 heterocycles. The van der Waals surface area contributed by atoms with Crippen LogP contribution in [0, 0.1) is 0 Å². The molecule has 3 amide bonds. The van der Waals surface area contributed by atoms with E-state index in [9.17, 15) is 19.2 Å². The summed E-state index contributed by atoms with van der Waals surface area (Å²) in [5.41, 5.74) is 1.49. The number of rotatable bonds is 7. The number of nitrogens with one attached hydrogen (secondary N) is 1. The number of nitrogens with zero attached hydrogens (tertiary/aromatic N) is 1. The van der Waals surface area contributed by atoms with Crippen LogP contribution in [-0.4, -0.2) is 53.4 Å². The summed E-state index contributed by atoms with van der Waals surface area (Å²) >= 11 is 0.942. The number of amides is 3. The van der Waals surface area contributed by atoms with Gasteiger partial charge in [-0.05, 0) is 23.6 Å². The first-order valence-electron chi connectivity index (χ1n) is 7.89. The molecule has 1 fully saturated rings. The predicted octanol–water partition coefficient (Wildman–Crippen LogP) is 1.78. The monoisotopic (exact) mass is 364 g/mol. The van der Waals surface area contributed by atoms with Crippen molar-refractivity contribution in [2.75, 3.05) is 25.4 Å². The fourth-order valence-corrected chi connectivity index (χ4v) is 2.93. The van der Waals surface area contributed by atoms with E-state index >= 15 is 0 Å². The van der Waals surface area contributed by atoms with Crippen molar-refractivity contribution >= 4 is 34.8 Å². The van der Waals surface area contributed by atoms with E-state index < -0.39 is 18.5 Å².